The average Bonchev–Trinajstić information content (AvgIpc) is 3.18. The summed E-state index contributed by atoms with van der Waals surface area (Å²) in [5.41, 5.74) is 6.10. The third kappa shape index (κ3) is 6.48. The van der Waals surface area contributed by atoms with E-state index >= 15 is 0 Å². The fourth-order valence-corrected chi connectivity index (χ4v) is 5.57. The van der Waals surface area contributed by atoms with Gasteiger partial charge in [0.05, 0.1) is 0 Å². The molecule has 3 heterocycles. The fraction of sp³-hybridized carbons (Fsp3) is 0.0488. The van der Waals surface area contributed by atoms with Gasteiger partial charge in [0.2, 0.25) is 0 Å². The number of aryl methyl sites for hydroxylation is 2. The Morgan fingerprint density at radius 1 is 0.240 bits per heavy atom. The van der Waals surface area contributed by atoms with Crippen LogP contribution in [0.5, 0.6) is 0 Å². The van der Waals surface area contributed by atoms with Crippen LogP contribution in [0.1, 0.15) is 11.6 Å². The van der Waals surface area contributed by atoms with E-state index in [2.05, 4.69) is 19.9 Å². The van der Waals surface area contributed by atoms with Crippen LogP contribution in [0.2, 0.25) is 0 Å². The highest BCUT2D eigenvalue weighted by atomic mass is 15.0. The summed E-state index contributed by atoms with van der Waals surface area (Å²) in [6, 6.07) is 45.6. The molecule has 0 saturated carbocycles. The van der Waals surface area contributed by atoms with Crippen molar-refractivity contribution in [1.82, 2.24) is 44.9 Å². The normalized spacial score (nSPS) is 11.0. The van der Waals surface area contributed by atoms with E-state index < -0.39 is 0 Å². The first kappa shape index (κ1) is 30.5. The van der Waals surface area contributed by atoms with E-state index in [1.807, 2.05) is 153 Å². The second kappa shape index (κ2) is 13.3. The van der Waals surface area contributed by atoms with Gasteiger partial charge in [0.15, 0.2) is 40.8 Å². The Morgan fingerprint density at radius 2 is 0.480 bits per heavy atom. The summed E-state index contributed by atoms with van der Waals surface area (Å²) in [6.07, 6.45) is 0. The minimum absolute atomic E-state index is 0.537. The highest BCUT2D eigenvalue weighted by molar-refractivity contribution is 5.72. The molecule has 5 aromatic carbocycles. The quantitative estimate of drug-likeness (QED) is 0.168. The average molecular weight is 648 g/mol. The zero-order valence-corrected chi connectivity index (χ0v) is 27.3. The largest absolute Gasteiger partial charge is 0.213 e. The van der Waals surface area contributed by atoms with E-state index in [4.69, 9.17) is 24.9 Å². The summed E-state index contributed by atoms with van der Waals surface area (Å²) in [5.74, 6) is 5.39. The Kier molecular flexibility index (Phi) is 8.12. The number of hydrogen-bond donors (Lipinski definition) is 0. The van der Waals surface area contributed by atoms with Crippen molar-refractivity contribution in [3.63, 3.8) is 0 Å². The van der Waals surface area contributed by atoms with Gasteiger partial charge in [0.1, 0.15) is 11.6 Å². The highest BCUT2D eigenvalue weighted by Gasteiger charge is 2.16. The van der Waals surface area contributed by atoms with Crippen molar-refractivity contribution >= 4 is 0 Å². The van der Waals surface area contributed by atoms with Gasteiger partial charge in [-0.3, -0.25) is 0 Å². The van der Waals surface area contributed by atoms with E-state index in [1.165, 1.54) is 0 Å². The fourth-order valence-electron chi connectivity index (χ4n) is 5.57. The van der Waals surface area contributed by atoms with Gasteiger partial charge in [-0.2, -0.15) is 0 Å². The Balaban J connectivity index is 1.18. The van der Waals surface area contributed by atoms with Crippen molar-refractivity contribution < 1.29 is 0 Å². The van der Waals surface area contributed by atoms with Gasteiger partial charge in [0.25, 0.3) is 0 Å². The summed E-state index contributed by atoms with van der Waals surface area (Å²) in [5, 5.41) is 0. The minimum atomic E-state index is 0.537. The Labute approximate surface area is 289 Å². The van der Waals surface area contributed by atoms with Gasteiger partial charge < -0.3 is 0 Å². The molecule has 0 N–H and O–H groups in total. The van der Waals surface area contributed by atoms with E-state index in [1.54, 1.807) is 0 Å². The van der Waals surface area contributed by atoms with Gasteiger partial charge in [-0.25, -0.2) is 44.9 Å². The predicted molar refractivity (Wildman–Crippen MR) is 194 cm³/mol. The van der Waals surface area contributed by atoms with Gasteiger partial charge in [-0.15, -0.1) is 0 Å². The summed E-state index contributed by atoms with van der Waals surface area (Å²) in [4.78, 5) is 42.8. The molecule has 0 saturated heterocycles. The Bertz CT molecular complexity index is 2440. The van der Waals surface area contributed by atoms with Crippen LogP contribution in [-0.2, 0) is 0 Å². The molecule has 0 atom stereocenters. The second-order valence-corrected chi connectivity index (χ2v) is 11.6. The zero-order chi connectivity index (χ0) is 33.9. The third-order valence-electron chi connectivity index (χ3n) is 8.01. The van der Waals surface area contributed by atoms with Crippen LogP contribution in [-0.4, -0.2) is 44.9 Å². The lowest BCUT2D eigenvalue weighted by Gasteiger charge is -2.10. The Hall–Kier alpha value is -6.87. The molecule has 0 aliphatic carbocycles. The van der Waals surface area contributed by atoms with E-state index in [0.717, 1.165) is 38.9 Å². The minimum Gasteiger partial charge on any atom is -0.213 e. The topological polar surface area (TPSA) is 116 Å². The third-order valence-corrected chi connectivity index (χ3v) is 8.01. The maximum absolute atomic E-state index is 4.97. The first-order chi connectivity index (χ1) is 24.6. The zero-order valence-electron chi connectivity index (χ0n) is 27.3. The molecule has 0 aliphatic rings. The first-order valence-corrected chi connectivity index (χ1v) is 16.1. The van der Waals surface area contributed by atoms with Crippen LogP contribution < -0.4 is 0 Å². The van der Waals surface area contributed by atoms with Gasteiger partial charge in [-0.05, 0) is 19.9 Å². The molecule has 238 valence electrons. The lowest BCUT2D eigenvalue weighted by atomic mass is 10.1. The maximum Gasteiger partial charge on any atom is 0.164 e. The molecule has 0 unspecified atom stereocenters. The predicted octanol–water partition coefficient (Wildman–Crippen LogP) is 8.53. The number of aromatic nitrogens is 9. The lowest BCUT2D eigenvalue weighted by Crippen LogP contribution is -2.02. The van der Waals surface area contributed by atoms with Crippen molar-refractivity contribution in [2.24, 2.45) is 0 Å². The van der Waals surface area contributed by atoms with Gasteiger partial charge in [0, 0.05) is 38.9 Å². The van der Waals surface area contributed by atoms with Crippen molar-refractivity contribution in [1.29, 1.82) is 0 Å². The van der Waals surface area contributed by atoms with Crippen LogP contribution in [0.25, 0.3) is 79.7 Å². The van der Waals surface area contributed by atoms with Crippen molar-refractivity contribution in [2.45, 2.75) is 13.8 Å². The molecule has 0 amide bonds. The molecule has 50 heavy (non-hydrogen) atoms. The molecule has 3 aromatic heterocycles. The van der Waals surface area contributed by atoms with Crippen LogP contribution in [0.4, 0.5) is 0 Å². The summed E-state index contributed by atoms with van der Waals surface area (Å²) >= 11 is 0. The molecule has 8 rings (SSSR count). The summed E-state index contributed by atoms with van der Waals surface area (Å²) in [7, 11) is 0. The monoisotopic (exact) mass is 647 g/mol. The molecular formula is C41H29N9. The smallest absolute Gasteiger partial charge is 0.164 e. The molecule has 9 nitrogen and oxygen atoms in total. The van der Waals surface area contributed by atoms with Crippen LogP contribution in [0, 0.1) is 13.8 Å². The van der Waals surface area contributed by atoms with Crippen LogP contribution >= 0.6 is 0 Å². The van der Waals surface area contributed by atoms with E-state index in [9.17, 15) is 0 Å². The summed E-state index contributed by atoms with van der Waals surface area (Å²) in [6.45, 7) is 3.75. The van der Waals surface area contributed by atoms with Crippen molar-refractivity contribution in [3.05, 3.63) is 151 Å². The Morgan fingerprint density at radius 3 is 0.820 bits per heavy atom. The number of hydrogen-bond acceptors (Lipinski definition) is 9. The standard InChI is InChI=1S/C41H29N9/c1-26-42-35(28-13-6-3-7-14-28)46-37(44-26)31-21-23-32(24-22-31)39-48-38(30-17-10-5-11-18-30)49-41(50-39)34-20-12-19-33(25-34)40-45-27(2)43-36(47-40)29-15-8-4-9-16-29/h3-25H,1-2H3. The maximum atomic E-state index is 4.97. The van der Waals surface area contributed by atoms with Crippen molar-refractivity contribution in [3.8, 4) is 79.7 Å². The number of nitrogens with zero attached hydrogens (tertiary/aromatic N) is 9. The van der Waals surface area contributed by atoms with E-state index in [-0.39, 0.29) is 0 Å². The molecule has 0 aliphatic heterocycles. The van der Waals surface area contributed by atoms with Crippen LogP contribution in [0.15, 0.2) is 140 Å². The molecule has 8 aromatic rings. The molecule has 0 bridgehead atoms. The first-order valence-electron chi connectivity index (χ1n) is 16.1. The van der Waals surface area contributed by atoms with E-state index in [0.29, 0.717) is 52.4 Å². The summed E-state index contributed by atoms with van der Waals surface area (Å²) < 4.78 is 0. The SMILES string of the molecule is Cc1nc(-c2ccccc2)nc(-c2ccc(-c3nc(-c4ccccc4)nc(-c4cccc(-c5nc(C)nc(-c6ccccc6)n5)c4)n3)cc2)n1. The molecule has 0 spiro atoms. The van der Waals surface area contributed by atoms with Gasteiger partial charge in [-0.1, -0.05) is 133 Å². The second-order valence-electron chi connectivity index (χ2n) is 11.6. The van der Waals surface area contributed by atoms with Crippen molar-refractivity contribution in [2.75, 3.05) is 0 Å². The highest BCUT2D eigenvalue weighted by Crippen LogP contribution is 2.29. The molecule has 0 fully saturated rings. The number of rotatable bonds is 7. The molecule has 9 heteroatoms. The van der Waals surface area contributed by atoms with Gasteiger partial charge >= 0.3 is 0 Å². The van der Waals surface area contributed by atoms with Crippen LogP contribution in [0.3, 0.4) is 0 Å². The molecular weight excluding hydrogens is 619 g/mol. The number of benzene rings is 5. The molecule has 0 radical (unpaired) electrons. The lowest BCUT2D eigenvalue weighted by molar-refractivity contribution is 0.991.